The van der Waals surface area contributed by atoms with Crippen molar-refractivity contribution in [2.75, 3.05) is 46.8 Å². The average molecular weight is 625 g/mol. The molecule has 1 aliphatic rings. The molecule has 1 unspecified atom stereocenters. The van der Waals surface area contributed by atoms with Crippen molar-refractivity contribution in [2.45, 2.75) is 64.2 Å². The normalized spacial score (nSPS) is 17.0. The van der Waals surface area contributed by atoms with Gasteiger partial charge in [0.2, 0.25) is 0 Å². The first-order chi connectivity index (χ1) is 21.8. The third kappa shape index (κ3) is 11.5. The Morgan fingerprint density at radius 2 is 1.58 bits per heavy atom. The van der Waals surface area contributed by atoms with Crippen LogP contribution in [0.2, 0.25) is 0 Å². The Morgan fingerprint density at radius 3 is 2.16 bits per heavy atom. The fourth-order valence-corrected chi connectivity index (χ4v) is 5.82. The fraction of sp³-hybridized carbons (Fsp3) is 0.514. The van der Waals surface area contributed by atoms with Crippen molar-refractivity contribution in [3.63, 3.8) is 0 Å². The van der Waals surface area contributed by atoms with Crippen LogP contribution >= 0.6 is 0 Å². The molecule has 1 saturated carbocycles. The van der Waals surface area contributed by atoms with Crippen molar-refractivity contribution in [1.29, 1.82) is 0 Å². The molecule has 0 radical (unpaired) electrons. The van der Waals surface area contributed by atoms with E-state index in [1.807, 2.05) is 24.3 Å². The molecule has 1 aliphatic carbocycles. The van der Waals surface area contributed by atoms with E-state index < -0.39 is 11.9 Å². The standard InChI is InChI=1S/C37H49FO7/c1-5-6-7-8-28-9-11-31(12-10-28)34-18-17-32(21-35(34)38)29-13-15-30(16-14-29)33(24-44-36(40)26(2)22-42-4)25-45-37(41)27(3)23-43-20-19-39/h9-12,17-18,21,29-30,33,39H,2-3,5-8,13-16,19-20,22-25H2,1,4H3. The van der Waals surface area contributed by atoms with Crippen LogP contribution in [0.4, 0.5) is 4.39 Å². The van der Waals surface area contributed by atoms with E-state index in [4.69, 9.17) is 24.1 Å². The summed E-state index contributed by atoms with van der Waals surface area (Å²) >= 11 is 0. The van der Waals surface area contributed by atoms with Gasteiger partial charge in [0.05, 0.1) is 50.8 Å². The number of aliphatic hydroxyl groups excluding tert-OH is 1. The zero-order valence-electron chi connectivity index (χ0n) is 26.9. The van der Waals surface area contributed by atoms with Gasteiger partial charge in [0.25, 0.3) is 0 Å². The van der Waals surface area contributed by atoms with Crippen LogP contribution in [0.5, 0.6) is 0 Å². The first kappa shape index (κ1) is 36.1. The van der Waals surface area contributed by atoms with Crippen LogP contribution in [-0.2, 0) is 35.0 Å². The summed E-state index contributed by atoms with van der Waals surface area (Å²) < 4.78 is 36.5. The lowest BCUT2D eigenvalue weighted by atomic mass is 9.74. The largest absolute Gasteiger partial charge is 0.462 e. The van der Waals surface area contributed by atoms with Crippen molar-refractivity contribution in [3.05, 3.63) is 83.7 Å². The van der Waals surface area contributed by atoms with Crippen LogP contribution in [0.1, 0.15) is 68.9 Å². The monoisotopic (exact) mass is 624 g/mol. The molecule has 0 heterocycles. The van der Waals surface area contributed by atoms with E-state index >= 15 is 4.39 Å². The second-order valence-corrected chi connectivity index (χ2v) is 11.9. The van der Waals surface area contributed by atoms with Gasteiger partial charge in [0.15, 0.2) is 0 Å². The molecule has 7 nitrogen and oxygen atoms in total. The number of rotatable bonds is 19. The number of aliphatic hydroxyl groups is 1. The molecule has 0 spiro atoms. The molecule has 1 atom stereocenters. The van der Waals surface area contributed by atoms with Crippen LogP contribution in [0.25, 0.3) is 11.1 Å². The molecule has 8 heteroatoms. The van der Waals surface area contributed by atoms with Gasteiger partial charge in [0.1, 0.15) is 5.82 Å². The van der Waals surface area contributed by atoms with Gasteiger partial charge in [-0.1, -0.05) is 69.3 Å². The topological polar surface area (TPSA) is 91.3 Å². The smallest absolute Gasteiger partial charge is 0.335 e. The predicted octanol–water partition coefficient (Wildman–Crippen LogP) is 6.97. The third-order valence-electron chi connectivity index (χ3n) is 8.50. The maximum absolute atomic E-state index is 15.3. The minimum atomic E-state index is -0.594. The Labute approximate surface area is 267 Å². The Morgan fingerprint density at radius 1 is 0.933 bits per heavy atom. The highest BCUT2D eigenvalue weighted by Gasteiger charge is 2.31. The zero-order chi connectivity index (χ0) is 32.6. The van der Waals surface area contributed by atoms with Crippen molar-refractivity contribution in [2.24, 2.45) is 11.8 Å². The maximum atomic E-state index is 15.3. The molecule has 246 valence electrons. The predicted molar refractivity (Wildman–Crippen MR) is 173 cm³/mol. The molecule has 3 rings (SSSR count). The molecule has 0 bridgehead atoms. The zero-order valence-corrected chi connectivity index (χ0v) is 26.9. The summed E-state index contributed by atoms with van der Waals surface area (Å²) in [6.07, 6.45) is 7.92. The van der Waals surface area contributed by atoms with Crippen LogP contribution < -0.4 is 0 Å². The first-order valence-corrected chi connectivity index (χ1v) is 16.0. The second-order valence-electron chi connectivity index (χ2n) is 11.9. The summed E-state index contributed by atoms with van der Waals surface area (Å²) in [4.78, 5) is 24.9. The third-order valence-corrected chi connectivity index (χ3v) is 8.50. The van der Waals surface area contributed by atoms with Gasteiger partial charge in [0, 0.05) is 18.6 Å². The van der Waals surface area contributed by atoms with Crippen molar-refractivity contribution >= 4 is 11.9 Å². The molecular weight excluding hydrogens is 575 g/mol. The minimum absolute atomic E-state index is 0.0410. The number of hydrogen-bond donors (Lipinski definition) is 1. The molecule has 1 fully saturated rings. The molecule has 0 amide bonds. The lowest BCUT2D eigenvalue weighted by Crippen LogP contribution is -2.31. The molecular formula is C37H49FO7. The van der Waals surface area contributed by atoms with Gasteiger partial charge in [-0.2, -0.15) is 0 Å². The molecule has 0 aromatic heterocycles. The van der Waals surface area contributed by atoms with E-state index in [1.54, 1.807) is 6.07 Å². The van der Waals surface area contributed by atoms with Crippen LogP contribution in [-0.4, -0.2) is 63.8 Å². The average Bonchev–Trinajstić information content (AvgIpc) is 3.05. The number of hydrogen-bond acceptors (Lipinski definition) is 7. The van der Waals surface area contributed by atoms with E-state index in [1.165, 1.54) is 31.9 Å². The number of carbonyl (C=O) groups is 2. The van der Waals surface area contributed by atoms with Gasteiger partial charge in [-0.05, 0) is 73.1 Å². The van der Waals surface area contributed by atoms with Crippen molar-refractivity contribution in [3.8, 4) is 11.1 Å². The van der Waals surface area contributed by atoms with Gasteiger partial charge in [-0.15, -0.1) is 0 Å². The summed E-state index contributed by atoms with van der Waals surface area (Å²) in [5, 5.41) is 8.87. The van der Waals surface area contributed by atoms with E-state index in [0.717, 1.165) is 43.2 Å². The first-order valence-electron chi connectivity index (χ1n) is 16.0. The molecule has 2 aromatic rings. The van der Waals surface area contributed by atoms with E-state index in [9.17, 15) is 9.59 Å². The minimum Gasteiger partial charge on any atom is -0.462 e. The molecule has 45 heavy (non-hydrogen) atoms. The lowest BCUT2D eigenvalue weighted by molar-refractivity contribution is -0.146. The van der Waals surface area contributed by atoms with Crippen LogP contribution in [0.3, 0.4) is 0 Å². The van der Waals surface area contributed by atoms with E-state index in [2.05, 4.69) is 32.2 Å². The van der Waals surface area contributed by atoms with E-state index in [0.29, 0.717) is 5.56 Å². The summed E-state index contributed by atoms with van der Waals surface area (Å²) in [7, 11) is 1.47. The number of unbranched alkanes of at least 4 members (excludes halogenated alkanes) is 2. The molecule has 2 aromatic carbocycles. The Bertz CT molecular complexity index is 1250. The number of carbonyl (C=O) groups excluding carboxylic acids is 2. The number of esters is 2. The van der Waals surface area contributed by atoms with Crippen LogP contribution in [0.15, 0.2) is 66.8 Å². The van der Waals surface area contributed by atoms with Crippen LogP contribution in [0, 0.1) is 17.7 Å². The molecule has 0 saturated heterocycles. The number of aryl methyl sites for hydroxylation is 1. The summed E-state index contributed by atoms with van der Waals surface area (Å²) in [6, 6.07) is 13.8. The number of ether oxygens (including phenoxy) is 4. The lowest BCUT2D eigenvalue weighted by Gasteiger charge is -2.34. The van der Waals surface area contributed by atoms with Gasteiger partial charge in [-0.25, -0.2) is 14.0 Å². The summed E-state index contributed by atoms with van der Waals surface area (Å²) in [5.74, 6) is -1.25. The van der Waals surface area contributed by atoms with Crippen molar-refractivity contribution < 1.29 is 38.0 Å². The summed E-state index contributed by atoms with van der Waals surface area (Å²) in [5.41, 5.74) is 4.10. The highest BCUT2D eigenvalue weighted by atomic mass is 19.1. The van der Waals surface area contributed by atoms with Crippen molar-refractivity contribution in [1.82, 2.24) is 0 Å². The quantitative estimate of drug-likeness (QED) is 0.103. The second kappa shape index (κ2) is 19.2. The number of halogens is 1. The Hall–Kier alpha value is -3.33. The highest BCUT2D eigenvalue weighted by Crippen LogP contribution is 2.40. The Balaban J connectivity index is 1.61. The maximum Gasteiger partial charge on any atom is 0.335 e. The fourth-order valence-electron chi connectivity index (χ4n) is 5.82. The Kier molecular flexibility index (Phi) is 15.5. The van der Waals surface area contributed by atoms with E-state index in [-0.39, 0.29) is 74.4 Å². The number of methoxy groups -OCH3 is 1. The van der Waals surface area contributed by atoms with Gasteiger partial charge in [-0.3, -0.25) is 0 Å². The van der Waals surface area contributed by atoms with Gasteiger partial charge < -0.3 is 24.1 Å². The summed E-state index contributed by atoms with van der Waals surface area (Å²) in [6.45, 7) is 9.69. The molecule has 0 aliphatic heterocycles. The SMILES string of the molecule is C=C(COC)C(=O)OCC(COC(=O)C(=C)COCCO)C1CCC(c2ccc(-c3ccc(CCCCC)cc3)c(F)c2)CC1. The number of benzene rings is 2. The molecule has 1 N–H and O–H groups in total. The van der Waals surface area contributed by atoms with Gasteiger partial charge >= 0.3 is 11.9 Å². The highest BCUT2D eigenvalue weighted by molar-refractivity contribution is 5.88.